The number of phenolic OH excluding ortho intramolecular Hbond substituents is 2. The Morgan fingerprint density at radius 1 is 0.957 bits per heavy atom. The number of aromatic hydroxyl groups is 2. The lowest BCUT2D eigenvalue weighted by atomic mass is 10.2. The maximum atomic E-state index is 12.7. The van der Waals surface area contributed by atoms with E-state index in [1.807, 2.05) is 0 Å². The predicted molar refractivity (Wildman–Crippen MR) is 73.6 cm³/mol. The summed E-state index contributed by atoms with van der Waals surface area (Å²) in [6.45, 7) is 0. The average Bonchev–Trinajstić information content (AvgIpc) is 2.48. The number of phenols is 2. The van der Waals surface area contributed by atoms with Crippen LogP contribution < -0.4 is 0 Å². The highest BCUT2D eigenvalue weighted by atomic mass is 19.1. The van der Waals surface area contributed by atoms with Crippen LogP contribution in [0.1, 0.15) is 20.7 Å². The highest BCUT2D eigenvalue weighted by molar-refractivity contribution is 5.77. The third-order valence-corrected chi connectivity index (χ3v) is 2.53. The van der Waals surface area contributed by atoms with Crippen LogP contribution >= 0.6 is 0 Å². The maximum absolute atomic E-state index is 12.7. The lowest BCUT2D eigenvalue weighted by Crippen LogP contribution is -1.93. The minimum Gasteiger partial charge on any atom is -0.508 e. The van der Waals surface area contributed by atoms with E-state index in [0.717, 1.165) is 6.07 Å². The van der Waals surface area contributed by atoms with Gasteiger partial charge in [-0.1, -0.05) is 0 Å². The molecule has 0 unspecified atom stereocenters. The van der Waals surface area contributed by atoms with Gasteiger partial charge in [-0.15, -0.1) is 0 Å². The van der Waals surface area contributed by atoms with E-state index in [1.165, 1.54) is 12.1 Å². The first-order chi connectivity index (χ1) is 10.8. The van der Waals surface area contributed by atoms with Crippen LogP contribution in [0.4, 0.5) is 14.5 Å². The second-order valence-corrected chi connectivity index (χ2v) is 4.06. The lowest BCUT2D eigenvalue weighted by molar-refractivity contribution is -0.385. The quantitative estimate of drug-likeness (QED) is 0.509. The number of aldehydes is 2. The summed E-state index contributed by atoms with van der Waals surface area (Å²) in [6.07, 6.45) is 0.538. The molecule has 0 fully saturated rings. The van der Waals surface area contributed by atoms with Gasteiger partial charge in [0, 0.05) is 18.2 Å². The van der Waals surface area contributed by atoms with Crippen LogP contribution in [-0.4, -0.2) is 27.7 Å². The van der Waals surface area contributed by atoms with Gasteiger partial charge < -0.3 is 10.2 Å². The molecule has 2 aromatic carbocycles. The van der Waals surface area contributed by atoms with Gasteiger partial charge in [-0.05, 0) is 12.1 Å². The number of nitro groups is 1. The first kappa shape index (κ1) is 17.7. The predicted octanol–water partition coefficient (Wildman–Crippen LogP) is 2.60. The zero-order chi connectivity index (χ0) is 17.6. The zero-order valence-electron chi connectivity index (χ0n) is 11.3. The summed E-state index contributed by atoms with van der Waals surface area (Å²) in [6, 6.07) is 4.58. The third-order valence-electron chi connectivity index (χ3n) is 2.53. The van der Waals surface area contributed by atoms with Crippen molar-refractivity contribution in [2.24, 2.45) is 0 Å². The zero-order valence-corrected chi connectivity index (χ0v) is 11.3. The number of hydrogen-bond acceptors (Lipinski definition) is 6. The maximum Gasteiger partial charge on any atom is 0.311 e. The summed E-state index contributed by atoms with van der Waals surface area (Å²) in [7, 11) is 0. The fourth-order valence-corrected chi connectivity index (χ4v) is 1.42. The molecule has 0 spiro atoms. The van der Waals surface area contributed by atoms with E-state index >= 15 is 0 Å². The lowest BCUT2D eigenvalue weighted by Gasteiger charge is -1.97. The fourth-order valence-electron chi connectivity index (χ4n) is 1.42. The molecule has 120 valence electrons. The van der Waals surface area contributed by atoms with Crippen LogP contribution in [0.15, 0.2) is 30.3 Å². The van der Waals surface area contributed by atoms with Gasteiger partial charge in [-0.2, -0.15) is 0 Å². The van der Waals surface area contributed by atoms with E-state index in [9.17, 15) is 28.5 Å². The van der Waals surface area contributed by atoms with Crippen molar-refractivity contribution < 1.29 is 33.5 Å². The van der Waals surface area contributed by atoms with Crippen LogP contribution in [0.3, 0.4) is 0 Å². The Bertz CT molecular complexity index is 763. The molecular formula is C14H9F2NO6. The van der Waals surface area contributed by atoms with Gasteiger partial charge in [-0.3, -0.25) is 19.7 Å². The number of nitrogens with zero attached hydrogens (tertiary/aromatic N) is 1. The molecule has 0 bridgehead atoms. The average molecular weight is 325 g/mol. The molecule has 0 amide bonds. The molecule has 0 saturated carbocycles. The van der Waals surface area contributed by atoms with Crippen molar-refractivity contribution in [3.63, 3.8) is 0 Å². The molecule has 0 aliphatic rings. The van der Waals surface area contributed by atoms with E-state index < -0.39 is 33.6 Å². The number of carbonyl (C=O) groups excluding carboxylic acids is 2. The van der Waals surface area contributed by atoms with Crippen LogP contribution in [-0.2, 0) is 0 Å². The molecule has 0 heterocycles. The Labute approximate surface area is 127 Å². The van der Waals surface area contributed by atoms with Crippen molar-refractivity contribution >= 4 is 18.3 Å². The molecule has 0 aromatic heterocycles. The molecule has 2 aromatic rings. The molecular weight excluding hydrogens is 316 g/mol. The summed E-state index contributed by atoms with van der Waals surface area (Å²) >= 11 is 0. The Balaban J connectivity index is 0.000000238. The Morgan fingerprint density at radius 2 is 1.52 bits per heavy atom. The molecule has 0 saturated heterocycles. The number of benzene rings is 2. The van der Waals surface area contributed by atoms with E-state index in [-0.39, 0.29) is 17.6 Å². The second-order valence-electron chi connectivity index (χ2n) is 4.06. The Kier molecular flexibility index (Phi) is 5.84. The van der Waals surface area contributed by atoms with E-state index in [0.29, 0.717) is 18.4 Å². The SMILES string of the molecule is O=Cc1cc([N+](=O)[O-])c(O)cc1F.O=Cc1ccc(O)cc1F. The highest BCUT2D eigenvalue weighted by Crippen LogP contribution is 2.27. The number of carbonyl (C=O) groups is 2. The van der Waals surface area contributed by atoms with Gasteiger partial charge in [0.2, 0.25) is 0 Å². The minimum absolute atomic E-state index is 0.0437. The summed E-state index contributed by atoms with van der Waals surface area (Å²) in [4.78, 5) is 29.5. The van der Waals surface area contributed by atoms with Crippen LogP contribution in [0.25, 0.3) is 0 Å². The molecule has 23 heavy (non-hydrogen) atoms. The van der Waals surface area contributed by atoms with Gasteiger partial charge in [0.15, 0.2) is 18.3 Å². The van der Waals surface area contributed by atoms with E-state index in [4.69, 9.17) is 10.2 Å². The van der Waals surface area contributed by atoms with Gasteiger partial charge >= 0.3 is 5.69 Å². The van der Waals surface area contributed by atoms with Crippen molar-refractivity contribution in [3.8, 4) is 11.5 Å². The number of hydrogen-bond donors (Lipinski definition) is 2. The van der Waals surface area contributed by atoms with Crippen LogP contribution in [0, 0.1) is 21.7 Å². The van der Waals surface area contributed by atoms with Crippen molar-refractivity contribution in [1.82, 2.24) is 0 Å². The van der Waals surface area contributed by atoms with Gasteiger partial charge in [-0.25, -0.2) is 8.78 Å². The van der Waals surface area contributed by atoms with E-state index in [1.54, 1.807) is 0 Å². The van der Waals surface area contributed by atoms with Gasteiger partial charge in [0.05, 0.1) is 16.1 Å². The number of nitro benzene ring substituents is 1. The first-order valence-corrected chi connectivity index (χ1v) is 5.86. The Morgan fingerprint density at radius 3 is 2.00 bits per heavy atom. The third kappa shape index (κ3) is 4.56. The topological polar surface area (TPSA) is 118 Å². The fraction of sp³-hybridized carbons (Fsp3) is 0. The van der Waals surface area contributed by atoms with Crippen molar-refractivity contribution in [2.75, 3.05) is 0 Å². The first-order valence-electron chi connectivity index (χ1n) is 5.86. The summed E-state index contributed by atoms with van der Waals surface area (Å²) in [5.74, 6) is -2.66. The van der Waals surface area contributed by atoms with Crippen molar-refractivity contribution in [1.29, 1.82) is 0 Å². The molecule has 0 aliphatic carbocycles. The minimum atomic E-state index is -0.988. The summed E-state index contributed by atoms with van der Waals surface area (Å²) < 4.78 is 25.1. The normalized spacial score (nSPS) is 9.48. The summed E-state index contributed by atoms with van der Waals surface area (Å²) in [5.41, 5.74) is -1.19. The smallest absolute Gasteiger partial charge is 0.311 e. The molecule has 9 heteroatoms. The monoisotopic (exact) mass is 325 g/mol. The second kappa shape index (κ2) is 7.59. The summed E-state index contributed by atoms with van der Waals surface area (Å²) in [5, 5.41) is 27.8. The largest absolute Gasteiger partial charge is 0.508 e. The number of halogens is 2. The molecule has 2 N–H and O–H groups in total. The molecule has 0 atom stereocenters. The van der Waals surface area contributed by atoms with Gasteiger partial charge in [0.25, 0.3) is 0 Å². The molecule has 2 rings (SSSR count). The standard InChI is InChI=1S/C7H4FNO4.C7H5FO2/c8-5-2-7(11)6(9(12)13)1-4(5)3-10;8-7-3-6(10)2-1-5(7)4-9/h1-3,11H;1-4,10H. The van der Waals surface area contributed by atoms with Crippen LogP contribution in [0.5, 0.6) is 11.5 Å². The van der Waals surface area contributed by atoms with Crippen molar-refractivity contribution in [3.05, 3.63) is 63.2 Å². The van der Waals surface area contributed by atoms with Crippen LogP contribution in [0.2, 0.25) is 0 Å². The molecule has 7 nitrogen and oxygen atoms in total. The van der Waals surface area contributed by atoms with Crippen molar-refractivity contribution in [2.45, 2.75) is 0 Å². The molecule has 0 radical (unpaired) electrons. The molecule has 0 aliphatic heterocycles. The van der Waals surface area contributed by atoms with Gasteiger partial charge in [0.1, 0.15) is 17.4 Å². The number of rotatable bonds is 3. The highest BCUT2D eigenvalue weighted by Gasteiger charge is 2.17. The Hall–Kier alpha value is -3.36. The van der Waals surface area contributed by atoms with E-state index in [2.05, 4.69) is 0 Å².